The summed E-state index contributed by atoms with van der Waals surface area (Å²) in [5.41, 5.74) is 14.1. The van der Waals surface area contributed by atoms with E-state index in [2.05, 4.69) is 175 Å². The maximum absolute atomic E-state index is 2.60. The lowest BCUT2D eigenvalue weighted by molar-refractivity contribution is 0.633. The Hall–Kier alpha value is -5.54. The lowest BCUT2D eigenvalue weighted by Gasteiger charge is -2.47. The summed E-state index contributed by atoms with van der Waals surface area (Å²) in [5, 5.41) is 5.13. The maximum Gasteiger partial charge on any atom is 0.246 e. The van der Waals surface area contributed by atoms with E-state index in [4.69, 9.17) is 0 Å². The van der Waals surface area contributed by atoms with E-state index < -0.39 is 0 Å². The van der Waals surface area contributed by atoms with Crippen LogP contribution in [0.5, 0.6) is 0 Å². The first-order valence-electron chi connectivity index (χ1n) is 16.2. The molecule has 0 unspecified atom stereocenters. The van der Waals surface area contributed by atoms with Crippen LogP contribution in [0.25, 0.3) is 38.3 Å². The highest BCUT2D eigenvalue weighted by molar-refractivity contribution is 6.98. The number of hydrogen-bond acceptors (Lipinski definition) is 1. The van der Waals surface area contributed by atoms with Crippen LogP contribution in [0.4, 0.5) is 17.1 Å². The fraction of sp³-hybridized carbons (Fsp3) is 0.0698. The first kappa shape index (κ1) is 25.8. The molecule has 0 spiro atoms. The van der Waals surface area contributed by atoms with Crippen LogP contribution in [0, 0.1) is 0 Å². The molecule has 8 aromatic rings. The lowest BCUT2D eigenvalue weighted by Crippen LogP contribution is -2.58. The Balaban J connectivity index is 1.38. The number of benzene rings is 7. The van der Waals surface area contributed by atoms with Crippen molar-refractivity contribution < 1.29 is 0 Å². The monoisotopic (exact) mass is 586 g/mol. The summed E-state index contributed by atoms with van der Waals surface area (Å²) in [5.74, 6) is 0. The second kappa shape index (κ2) is 9.25. The predicted octanol–water partition coefficient (Wildman–Crippen LogP) is 8.88. The third kappa shape index (κ3) is 3.32. The summed E-state index contributed by atoms with van der Waals surface area (Å²) in [4.78, 5) is 2.60. The molecule has 0 atom stereocenters. The van der Waals surface area contributed by atoms with E-state index in [1.54, 1.807) is 0 Å². The van der Waals surface area contributed by atoms with Crippen LogP contribution in [0.1, 0.15) is 25.0 Å². The molecule has 0 saturated carbocycles. The number of fused-ring (bicyclic) bond motifs is 9. The van der Waals surface area contributed by atoms with Gasteiger partial charge in [0.2, 0.25) is 6.71 Å². The topological polar surface area (TPSA) is 8.17 Å². The molecule has 0 N–H and O–H groups in total. The van der Waals surface area contributed by atoms with E-state index in [0.717, 1.165) is 0 Å². The zero-order chi connectivity index (χ0) is 30.6. The molecule has 46 heavy (non-hydrogen) atoms. The highest BCUT2D eigenvalue weighted by Crippen LogP contribution is 2.55. The Kier molecular flexibility index (Phi) is 5.18. The average molecular weight is 587 g/mol. The fourth-order valence-corrected chi connectivity index (χ4v) is 8.52. The summed E-state index contributed by atoms with van der Waals surface area (Å²) in [6.07, 6.45) is 0. The number of rotatable bonds is 2. The Labute approximate surface area is 269 Å². The normalized spacial score (nSPS) is 14.4. The van der Waals surface area contributed by atoms with Crippen molar-refractivity contribution in [3.8, 4) is 5.69 Å². The van der Waals surface area contributed by atoms with Crippen LogP contribution in [0.15, 0.2) is 152 Å². The number of aromatic nitrogens is 1. The molecule has 2 aliphatic rings. The van der Waals surface area contributed by atoms with Gasteiger partial charge in [-0.1, -0.05) is 141 Å². The quantitative estimate of drug-likeness (QED) is 0.184. The molecule has 216 valence electrons. The van der Waals surface area contributed by atoms with Gasteiger partial charge in [-0.15, -0.1) is 0 Å². The summed E-state index contributed by atoms with van der Waals surface area (Å²) < 4.78 is 2.49. The van der Waals surface area contributed by atoms with Gasteiger partial charge < -0.3 is 9.47 Å². The van der Waals surface area contributed by atoms with Crippen LogP contribution >= 0.6 is 0 Å². The first-order chi connectivity index (χ1) is 22.6. The zero-order valence-electron chi connectivity index (χ0n) is 25.9. The number of anilines is 3. The molecule has 3 heterocycles. The average Bonchev–Trinajstić information content (AvgIpc) is 3.44. The number of hydrogen-bond donors (Lipinski definition) is 0. The van der Waals surface area contributed by atoms with Gasteiger partial charge in [0, 0.05) is 38.6 Å². The summed E-state index contributed by atoms with van der Waals surface area (Å²) in [6.45, 7) is 4.94. The van der Waals surface area contributed by atoms with Gasteiger partial charge in [0.25, 0.3) is 0 Å². The van der Waals surface area contributed by atoms with Crippen LogP contribution in [0.3, 0.4) is 0 Å². The molecule has 0 aliphatic carbocycles. The zero-order valence-corrected chi connectivity index (χ0v) is 25.9. The minimum Gasteiger partial charge on any atom is -0.310 e. The molecule has 7 aromatic carbocycles. The second-order valence-corrected chi connectivity index (χ2v) is 13.3. The van der Waals surface area contributed by atoms with E-state index in [1.165, 1.54) is 82.8 Å². The number of nitrogens with zero attached hydrogens (tertiary/aromatic N) is 2. The minimum atomic E-state index is -0.234. The molecule has 3 heteroatoms. The molecule has 10 rings (SSSR count). The van der Waals surface area contributed by atoms with Gasteiger partial charge in [-0.25, -0.2) is 0 Å². The van der Waals surface area contributed by atoms with Crippen molar-refractivity contribution in [2.75, 3.05) is 4.90 Å². The Morgan fingerprint density at radius 1 is 0.500 bits per heavy atom. The highest BCUT2D eigenvalue weighted by Gasteiger charge is 2.45. The smallest absolute Gasteiger partial charge is 0.246 e. The molecule has 0 saturated heterocycles. The van der Waals surface area contributed by atoms with Crippen molar-refractivity contribution in [3.63, 3.8) is 0 Å². The van der Waals surface area contributed by atoms with Gasteiger partial charge in [0.1, 0.15) is 0 Å². The standard InChI is InChI=1S/C43H31BN2/c1-43(2)34-25-24-28-14-6-7-17-31(28)41(34)46-40-23-13-10-20-36(40)44(29-15-4-3-5-16-29)37-27-30(26-35(43)42(37)46)45-38-21-11-8-18-32(38)33-19-9-12-22-39(33)45/h3-27H,1-2H3. The molecule has 0 bridgehead atoms. The van der Waals surface area contributed by atoms with Crippen molar-refractivity contribution in [1.82, 2.24) is 4.57 Å². The van der Waals surface area contributed by atoms with Crippen LogP contribution in [-0.2, 0) is 5.41 Å². The van der Waals surface area contributed by atoms with Gasteiger partial charge in [0.05, 0.1) is 16.7 Å². The molecular formula is C43H31BN2. The number of para-hydroxylation sites is 3. The first-order valence-corrected chi connectivity index (χ1v) is 16.2. The van der Waals surface area contributed by atoms with E-state index in [9.17, 15) is 0 Å². The van der Waals surface area contributed by atoms with Crippen LogP contribution < -0.4 is 21.3 Å². The third-order valence-corrected chi connectivity index (χ3v) is 10.6. The molecule has 2 aliphatic heterocycles. The molecule has 0 fully saturated rings. The molecular weight excluding hydrogens is 555 g/mol. The molecule has 0 radical (unpaired) electrons. The van der Waals surface area contributed by atoms with Gasteiger partial charge >= 0.3 is 0 Å². The van der Waals surface area contributed by atoms with Crippen molar-refractivity contribution in [2.45, 2.75) is 19.3 Å². The van der Waals surface area contributed by atoms with Crippen molar-refractivity contribution in [1.29, 1.82) is 0 Å². The van der Waals surface area contributed by atoms with E-state index in [1.807, 2.05) is 0 Å². The van der Waals surface area contributed by atoms with E-state index in [0.29, 0.717) is 0 Å². The fourth-order valence-electron chi connectivity index (χ4n) is 8.52. The second-order valence-electron chi connectivity index (χ2n) is 13.3. The van der Waals surface area contributed by atoms with Gasteiger partial charge in [-0.3, -0.25) is 0 Å². The molecule has 2 nitrogen and oxygen atoms in total. The molecule has 0 amide bonds. The molecule has 1 aromatic heterocycles. The van der Waals surface area contributed by atoms with E-state index in [-0.39, 0.29) is 12.1 Å². The van der Waals surface area contributed by atoms with Gasteiger partial charge in [-0.05, 0) is 57.8 Å². The van der Waals surface area contributed by atoms with Crippen molar-refractivity contribution >= 4 is 72.7 Å². The summed E-state index contributed by atoms with van der Waals surface area (Å²) in [7, 11) is 0. The van der Waals surface area contributed by atoms with Crippen molar-refractivity contribution in [3.05, 3.63) is 163 Å². The van der Waals surface area contributed by atoms with Crippen LogP contribution in [-0.4, -0.2) is 11.3 Å². The minimum absolute atomic E-state index is 0.0998. The van der Waals surface area contributed by atoms with E-state index >= 15 is 0 Å². The van der Waals surface area contributed by atoms with Gasteiger partial charge in [-0.2, -0.15) is 0 Å². The maximum atomic E-state index is 2.60. The summed E-state index contributed by atoms with van der Waals surface area (Å²) in [6, 6.07) is 56.4. The Morgan fingerprint density at radius 2 is 1.13 bits per heavy atom. The largest absolute Gasteiger partial charge is 0.310 e. The summed E-state index contributed by atoms with van der Waals surface area (Å²) >= 11 is 0. The van der Waals surface area contributed by atoms with Crippen LogP contribution in [0.2, 0.25) is 0 Å². The van der Waals surface area contributed by atoms with Gasteiger partial charge in [0.15, 0.2) is 0 Å². The highest BCUT2D eigenvalue weighted by atomic mass is 15.2. The lowest BCUT2D eigenvalue weighted by atomic mass is 9.34. The third-order valence-electron chi connectivity index (χ3n) is 10.6. The SMILES string of the molecule is CC1(C)c2cc(-n3c4ccccc4c4ccccc43)cc3c2N(c2ccccc2B3c2ccccc2)c2c1ccc1ccccc21. The predicted molar refractivity (Wildman–Crippen MR) is 196 cm³/mol. The Bertz CT molecular complexity index is 2470. The van der Waals surface area contributed by atoms with Crippen molar-refractivity contribution in [2.24, 2.45) is 0 Å². The Morgan fingerprint density at radius 3 is 1.89 bits per heavy atom.